The Labute approximate surface area is 208 Å². The molecule has 11 heteroatoms. The Kier molecular flexibility index (Phi) is 6.95. The van der Waals surface area contributed by atoms with Crippen molar-refractivity contribution in [1.29, 1.82) is 0 Å². The maximum Gasteiger partial charge on any atom is 0.416 e. The Hall–Kier alpha value is -3.59. The van der Waals surface area contributed by atoms with E-state index in [1.54, 1.807) is 13.1 Å². The van der Waals surface area contributed by atoms with Crippen LogP contribution in [0.1, 0.15) is 34.4 Å². The zero-order chi connectivity index (χ0) is 26.1. The summed E-state index contributed by atoms with van der Waals surface area (Å²) in [5.74, 6) is 3.41. The lowest BCUT2D eigenvalue weighted by atomic mass is 9.93. The Morgan fingerprint density at radius 3 is 2.42 bits per heavy atom. The molecule has 2 aromatic heterocycles. The van der Waals surface area contributed by atoms with E-state index in [4.69, 9.17) is 0 Å². The van der Waals surface area contributed by atoms with Crippen LogP contribution in [0.2, 0.25) is 0 Å². The Morgan fingerprint density at radius 2 is 1.75 bits per heavy atom. The van der Waals surface area contributed by atoms with E-state index in [9.17, 15) is 31.5 Å². The average Bonchev–Trinajstić information content (AvgIpc) is 3.48. The quantitative estimate of drug-likeness (QED) is 0.298. The van der Waals surface area contributed by atoms with E-state index in [2.05, 4.69) is 21.5 Å². The molecule has 0 spiro atoms. The number of nitrogens with one attached hydrogen (secondary N) is 2. The highest BCUT2D eigenvalue weighted by atomic mass is 32.2. The van der Waals surface area contributed by atoms with Crippen molar-refractivity contribution in [3.8, 4) is 11.8 Å². The number of fused-ring (bicyclic) bond motifs is 1. The number of rotatable bonds is 6. The number of carboxylic acid groups (broad SMARTS) is 1. The lowest BCUT2D eigenvalue weighted by molar-refractivity contribution is -0.139. The minimum absolute atomic E-state index is 0.128. The van der Waals surface area contributed by atoms with Crippen LogP contribution in [-0.4, -0.2) is 30.5 Å². The third-order valence-corrected chi connectivity index (χ3v) is 8.48. The third-order valence-electron chi connectivity index (χ3n) is 5.55. The summed E-state index contributed by atoms with van der Waals surface area (Å²) in [6.07, 6.45) is -2.78. The summed E-state index contributed by atoms with van der Waals surface area (Å²) in [6.45, 7) is 1.63. The average molecular weight is 533 g/mol. The van der Waals surface area contributed by atoms with Crippen LogP contribution in [0.15, 0.2) is 71.1 Å². The summed E-state index contributed by atoms with van der Waals surface area (Å²) < 4.78 is 66.2. The second kappa shape index (κ2) is 9.81. The van der Waals surface area contributed by atoms with Crippen molar-refractivity contribution >= 4 is 38.2 Å². The van der Waals surface area contributed by atoms with Gasteiger partial charge in [0, 0.05) is 28.6 Å². The minimum atomic E-state index is -4.45. The lowest BCUT2D eigenvalue weighted by Crippen LogP contribution is -2.43. The molecular formula is C25H19F3N2O4S2. The SMILES string of the molecule is CC(c1c[nH]c2ccccc12)[C@H](NS(=O)(=O)c1ccc(C#Cc2ccc(C(F)(F)F)cc2)s1)C(=O)O. The van der Waals surface area contributed by atoms with E-state index in [0.717, 1.165) is 34.4 Å². The molecule has 1 unspecified atom stereocenters. The van der Waals surface area contributed by atoms with E-state index in [1.807, 2.05) is 24.3 Å². The number of H-pyrrole nitrogens is 1. The van der Waals surface area contributed by atoms with Gasteiger partial charge >= 0.3 is 12.1 Å². The number of hydrogen-bond donors (Lipinski definition) is 3. The summed E-state index contributed by atoms with van der Waals surface area (Å²) >= 11 is 0.829. The Balaban J connectivity index is 1.53. The molecule has 0 aliphatic heterocycles. The standard InChI is InChI=1S/C25H19F3N2O4S2/c1-15(20-14-29-21-5-3-2-4-19(20)21)23(24(31)32)30-36(33,34)22-13-12-18(35-22)11-8-16-6-9-17(10-7-16)25(26,27)28/h2-7,9-10,12-15,23,29-30H,1H3,(H,31,32)/t15?,23-/m0/s1. The number of benzene rings is 2. The second-order valence-electron chi connectivity index (χ2n) is 7.96. The highest BCUT2D eigenvalue weighted by Crippen LogP contribution is 2.30. The summed E-state index contributed by atoms with van der Waals surface area (Å²) in [5.41, 5.74) is 1.01. The number of carboxylic acids is 1. The van der Waals surface area contributed by atoms with Crippen LogP contribution in [0.25, 0.3) is 10.9 Å². The number of sulfonamides is 1. The van der Waals surface area contributed by atoms with Gasteiger partial charge in [-0.2, -0.15) is 17.9 Å². The fourth-order valence-corrected chi connectivity index (χ4v) is 6.10. The first kappa shape index (κ1) is 25.5. The Bertz CT molecular complexity index is 1580. The van der Waals surface area contributed by atoms with Gasteiger partial charge in [0.2, 0.25) is 0 Å². The van der Waals surface area contributed by atoms with Crippen LogP contribution in [0.4, 0.5) is 13.2 Å². The molecule has 3 N–H and O–H groups in total. The fraction of sp³-hybridized carbons (Fsp3) is 0.160. The number of halogens is 3. The van der Waals surface area contributed by atoms with Crippen LogP contribution < -0.4 is 4.72 Å². The van der Waals surface area contributed by atoms with Crippen molar-refractivity contribution in [2.24, 2.45) is 0 Å². The molecule has 2 heterocycles. The van der Waals surface area contributed by atoms with Crippen molar-refractivity contribution in [3.05, 3.63) is 88.4 Å². The van der Waals surface area contributed by atoms with Gasteiger partial charge in [0.25, 0.3) is 10.0 Å². The zero-order valence-corrected chi connectivity index (χ0v) is 20.3. The molecule has 0 amide bonds. The Morgan fingerprint density at radius 1 is 1.06 bits per heavy atom. The van der Waals surface area contributed by atoms with Crippen molar-refractivity contribution in [3.63, 3.8) is 0 Å². The molecular weight excluding hydrogens is 513 g/mol. The van der Waals surface area contributed by atoms with Crippen molar-refractivity contribution in [2.75, 3.05) is 0 Å². The maximum absolute atomic E-state index is 13.0. The predicted molar refractivity (Wildman–Crippen MR) is 130 cm³/mol. The topological polar surface area (TPSA) is 99.3 Å². The fourth-order valence-electron chi connectivity index (χ4n) is 3.65. The van der Waals surface area contributed by atoms with E-state index in [-0.39, 0.29) is 4.21 Å². The molecule has 186 valence electrons. The summed E-state index contributed by atoms with van der Waals surface area (Å²) in [6, 6.07) is 12.9. The number of aromatic nitrogens is 1. The normalized spacial score (nSPS) is 13.7. The van der Waals surface area contributed by atoms with Crippen molar-refractivity contribution in [1.82, 2.24) is 9.71 Å². The van der Waals surface area contributed by atoms with Crippen LogP contribution >= 0.6 is 11.3 Å². The monoisotopic (exact) mass is 532 g/mol. The molecule has 2 atom stereocenters. The number of alkyl halides is 3. The van der Waals surface area contributed by atoms with Gasteiger partial charge in [-0.1, -0.05) is 37.0 Å². The lowest BCUT2D eigenvalue weighted by Gasteiger charge is -2.21. The number of para-hydroxylation sites is 1. The van der Waals surface area contributed by atoms with Gasteiger partial charge in [-0.3, -0.25) is 4.79 Å². The first-order valence-electron chi connectivity index (χ1n) is 10.6. The summed E-state index contributed by atoms with van der Waals surface area (Å²) in [5, 5.41) is 10.6. The van der Waals surface area contributed by atoms with E-state index >= 15 is 0 Å². The third kappa shape index (κ3) is 5.46. The molecule has 4 aromatic rings. The zero-order valence-electron chi connectivity index (χ0n) is 18.6. The first-order valence-corrected chi connectivity index (χ1v) is 12.9. The number of thiophene rings is 1. The largest absolute Gasteiger partial charge is 0.480 e. The highest BCUT2D eigenvalue weighted by molar-refractivity contribution is 7.91. The molecule has 0 radical (unpaired) electrons. The van der Waals surface area contributed by atoms with E-state index in [1.165, 1.54) is 24.3 Å². The number of carbonyl (C=O) groups is 1. The molecule has 6 nitrogen and oxygen atoms in total. The van der Waals surface area contributed by atoms with Gasteiger partial charge in [0.15, 0.2) is 0 Å². The van der Waals surface area contributed by atoms with Gasteiger partial charge in [-0.25, -0.2) is 8.42 Å². The van der Waals surface area contributed by atoms with E-state index < -0.39 is 39.7 Å². The van der Waals surface area contributed by atoms with E-state index in [0.29, 0.717) is 16.0 Å². The van der Waals surface area contributed by atoms with Crippen LogP contribution in [0.5, 0.6) is 0 Å². The number of hydrogen-bond acceptors (Lipinski definition) is 4. The highest BCUT2D eigenvalue weighted by Gasteiger charge is 2.33. The van der Waals surface area contributed by atoms with Crippen LogP contribution in [0, 0.1) is 11.8 Å². The maximum atomic E-state index is 13.0. The number of aliphatic carboxylic acids is 1. The van der Waals surface area contributed by atoms with Gasteiger partial charge in [-0.05, 0) is 48.0 Å². The minimum Gasteiger partial charge on any atom is -0.480 e. The van der Waals surface area contributed by atoms with Crippen molar-refractivity contribution < 1.29 is 31.5 Å². The molecule has 0 saturated heterocycles. The van der Waals surface area contributed by atoms with Crippen LogP contribution in [-0.2, 0) is 21.0 Å². The van der Waals surface area contributed by atoms with Crippen LogP contribution in [0.3, 0.4) is 0 Å². The van der Waals surface area contributed by atoms with Gasteiger partial charge in [-0.15, -0.1) is 11.3 Å². The molecule has 0 aliphatic carbocycles. The number of aromatic amines is 1. The summed E-state index contributed by atoms with van der Waals surface area (Å²) in [7, 11) is -4.19. The first-order chi connectivity index (χ1) is 17.0. The molecule has 4 rings (SSSR count). The van der Waals surface area contributed by atoms with Crippen molar-refractivity contribution in [2.45, 2.75) is 29.3 Å². The molecule has 0 fully saturated rings. The molecule has 0 bridgehead atoms. The second-order valence-corrected chi connectivity index (χ2v) is 11.0. The predicted octanol–water partition coefficient (Wildman–Crippen LogP) is 5.18. The van der Waals surface area contributed by atoms with Gasteiger partial charge in [0.05, 0.1) is 10.4 Å². The van der Waals surface area contributed by atoms with Gasteiger partial charge in [0.1, 0.15) is 10.3 Å². The van der Waals surface area contributed by atoms with Gasteiger partial charge < -0.3 is 10.1 Å². The molecule has 0 aliphatic rings. The molecule has 2 aromatic carbocycles. The smallest absolute Gasteiger partial charge is 0.416 e. The summed E-state index contributed by atoms with van der Waals surface area (Å²) in [4.78, 5) is 15.4. The molecule has 0 saturated carbocycles. The molecule has 36 heavy (non-hydrogen) atoms.